The van der Waals surface area contributed by atoms with Crippen LogP contribution in [0.2, 0.25) is 0 Å². The monoisotopic (exact) mass is 314 g/mol. The molecule has 1 aliphatic heterocycles. The quantitative estimate of drug-likeness (QED) is 0.900. The molecule has 110 valence electrons. The lowest BCUT2D eigenvalue weighted by atomic mass is 9.98. The fraction of sp³-hybridized carbons (Fsp3) is 0.615. The number of carbonyl (C=O) groups excluding carboxylic acids is 1. The molecule has 0 aromatic carbocycles. The molecule has 0 aliphatic carbocycles. The van der Waals surface area contributed by atoms with Crippen LogP contribution >= 0.6 is 23.1 Å². The molecule has 1 fully saturated rings. The lowest BCUT2D eigenvalue weighted by Crippen LogP contribution is -2.43. The molecule has 0 saturated carbocycles. The highest BCUT2D eigenvalue weighted by atomic mass is 32.2. The first-order chi connectivity index (χ1) is 9.56. The van der Waals surface area contributed by atoms with Gasteiger partial charge in [0.1, 0.15) is 0 Å². The summed E-state index contributed by atoms with van der Waals surface area (Å²) in [7, 11) is 0. The van der Waals surface area contributed by atoms with Crippen molar-refractivity contribution in [2.75, 3.05) is 18.8 Å². The second-order valence-corrected chi connectivity index (χ2v) is 6.92. The van der Waals surface area contributed by atoms with Crippen molar-refractivity contribution in [3.05, 3.63) is 16.1 Å². The maximum Gasteiger partial charge on any atom is 0.308 e. The Balaban J connectivity index is 1.75. The first kappa shape index (κ1) is 15.3. The van der Waals surface area contributed by atoms with E-state index in [-0.39, 0.29) is 5.91 Å². The minimum Gasteiger partial charge on any atom is -0.481 e. The third kappa shape index (κ3) is 4.21. The number of hydrogen-bond donors (Lipinski definition) is 1. The van der Waals surface area contributed by atoms with Gasteiger partial charge in [0.05, 0.1) is 22.4 Å². The fourth-order valence-corrected chi connectivity index (χ4v) is 3.75. The van der Waals surface area contributed by atoms with E-state index in [0.717, 1.165) is 22.9 Å². The van der Waals surface area contributed by atoms with E-state index in [1.807, 2.05) is 12.3 Å². The van der Waals surface area contributed by atoms with Crippen molar-refractivity contribution in [1.29, 1.82) is 0 Å². The second kappa shape index (κ2) is 7.08. The molecular weight excluding hydrogens is 296 g/mol. The molecule has 1 saturated heterocycles. The van der Waals surface area contributed by atoms with Crippen LogP contribution in [0.4, 0.5) is 0 Å². The summed E-state index contributed by atoms with van der Waals surface area (Å²) in [5, 5.41) is 12.1. The number of carboxylic acid groups (broad SMARTS) is 1. The van der Waals surface area contributed by atoms with Crippen molar-refractivity contribution in [3.63, 3.8) is 0 Å². The van der Waals surface area contributed by atoms with Gasteiger partial charge in [0.15, 0.2) is 0 Å². The predicted molar refractivity (Wildman–Crippen MR) is 80.0 cm³/mol. The predicted octanol–water partition coefficient (Wildman–Crippen LogP) is 2.01. The topological polar surface area (TPSA) is 70.5 Å². The van der Waals surface area contributed by atoms with Crippen LogP contribution in [0.25, 0.3) is 0 Å². The zero-order valence-corrected chi connectivity index (χ0v) is 13.0. The van der Waals surface area contributed by atoms with E-state index in [4.69, 9.17) is 5.11 Å². The maximum absolute atomic E-state index is 12.1. The average Bonchev–Trinajstić information content (AvgIpc) is 2.84. The van der Waals surface area contributed by atoms with E-state index >= 15 is 0 Å². The Morgan fingerprint density at radius 1 is 1.60 bits per heavy atom. The highest BCUT2D eigenvalue weighted by Gasteiger charge is 2.27. The smallest absolute Gasteiger partial charge is 0.308 e. The van der Waals surface area contributed by atoms with Gasteiger partial charge in [-0.3, -0.25) is 9.59 Å². The first-order valence-corrected chi connectivity index (χ1v) is 8.59. The van der Waals surface area contributed by atoms with Gasteiger partial charge < -0.3 is 10.0 Å². The van der Waals surface area contributed by atoms with Crippen molar-refractivity contribution in [1.82, 2.24) is 9.88 Å². The van der Waals surface area contributed by atoms with E-state index in [9.17, 15) is 9.59 Å². The van der Waals surface area contributed by atoms with Crippen molar-refractivity contribution in [2.24, 2.45) is 5.92 Å². The van der Waals surface area contributed by atoms with Gasteiger partial charge in [-0.25, -0.2) is 4.98 Å². The number of aliphatic carboxylic acids is 1. The molecule has 1 N–H and O–H groups in total. The molecule has 0 bridgehead atoms. The Morgan fingerprint density at radius 2 is 2.40 bits per heavy atom. The lowest BCUT2D eigenvalue weighted by molar-refractivity contribution is -0.145. The molecule has 1 aliphatic rings. The van der Waals surface area contributed by atoms with E-state index in [1.54, 1.807) is 16.2 Å². The van der Waals surface area contributed by atoms with Gasteiger partial charge in [0.25, 0.3) is 0 Å². The van der Waals surface area contributed by atoms with Gasteiger partial charge in [-0.15, -0.1) is 23.1 Å². The molecule has 1 aromatic heterocycles. The summed E-state index contributed by atoms with van der Waals surface area (Å²) in [4.78, 5) is 29.1. The molecule has 0 radical (unpaired) electrons. The molecule has 2 rings (SSSR count). The van der Waals surface area contributed by atoms with Crippen LogP contribution in [0.1, 0.15) is 23.5 Å². The van der Waals surface area contributed by atoms with Crippen LogP contribution in [-0.2, 0) is 15.3 Å². The van der Waals surface area contributed by atoms with E-state index in [1.165, 1.54) is 11.8 Å². The molecule has 2 heterocycles. The number of thioether (sulfide) groups is 1. The Morgan fingerprint density at radius 3 is 3.05 bits per heavy atom. The Hall–Kier alpha value is -1.08. The van der Waals surface area contributed by atoms with Gasteiger partial charge in [0.2, 0.25) is 5.91 Å². The lowest BCUT2D eigenvalue weighted by Gasteiger charge is -2.30. The molecule has 1 atom stereocenters. The van der Waals surface area contributed by atoms with Crippen LogP contribution < -0.4 is 0 Å². The number of piperidine rings is 1. The zero-order chi connectivity index (χ0) is 14.5. The van der Waals surface area contributed by atoms with Gasteiger partial charge >= 0.3 is 5.97 Å². The van der Waals surface area contributed by atoms with Crippen LogP contribution in [-0.4, -0.2) is 45.7 Å². The summed E-state index contributed by atoms with van der Waals surface area (Å²) >= 11 is 3.15. The Labute approximate surface area is 126 Å². The third-order valence-corrected chi connectivity index (χ3v) is 5.04. The first-order valence-electron chi connectivity index (χ1n) is 6.55. The Kier molecular flexibility index (Phi) is 5.42. The Bertz CT molecular complexity index is 490. The van der Waals surface area contributed by atoms with Crippen molar-refractivity contribution < 1.29 is 14.7 Å². The third-order valence-electron chi connectivity index (χ3n) is 3.27. The normalized spacial score (nSPS) is 19.1. The van der Waals surface area contributed by atoms with Crippen molar-refractivity contribution >= 4 is 35.0 Å². The number of rotatable bonds is 5. The number of aromatic nitrogens is 1. The second-order valence-electron chi connectivity index (χ2n) is 4.87. The minimum atomic E-state index is -0.798. The van der Waals surface area contributed by atoms with E-state index < -0.39 is 11.9 Å². The average molecular weight is 314 g/mol. The van der Waals surface area contributed by atoms with Crippen molar-refractivity contribution in [2.45, 2.75) is 25.5 Å². The van der Waals surface area contributed by atoms with Crippen LogP contribution in [0.3, 0.4) is 0 Å². The summed E-state index contributed by atoms with van der Waals surface area (Å²) in [6.07, 6.45) is 1.45. The summed E-state index contributed by atoms with van der Waals surface area (Å²) in [5.41, 5.74) is 1.01. The van der Waals surface area contributed by atoms with E-state index in [2.05, 4.69) is 4.98 Å². The number of hydrogen-bond acceptors (Lipinski definition) is 5. The molecule has 7 heteroatoms. The highest BCUT2D eigenvalue weighted by Crippen LogP contribution is 2.19. The number of thiazole rings is 1. The van der Waals surface area contributed by atoms with Crippen molar-refractivity contribution in [3.8, 4) is 0 Å². The molecule has 5 nitrogen and oxygen atoms in total. The van der Waals surface area contributed by atoms with Crippen LogP contribution in [0.5, 0.6) is 0 Å². The number of likely N-dealkylation sites (tertiary alicyclic amines) is 1. The fourth-order valence-electron chi connectivity index (χ4n) is 2.21. The number of carbonyl (C=O) groups is 2. The number of nitrogens with zero attached hydrogens (tertiary/aromatic N) is 2. The van der Waals surface area contributed by atoms with Crippen LogP contribution in [0, 0.1) is 12.8 Å². The van der Waals surface area contributed by atoms with Gasteiger partial charge in [-0.1, -0.05) is 0 Å². The maximum atomic E-state index is 12.1. The summed E-state index contributed by atoms with van der Waals surface area (Å²) in [6, 6.07) is 0. The molecule has 1 amide bonds. The minimum absolute atomic E-state index is 0.0351. The van der Waals surface area contributed by atoms with Crippen LogP contribution in [0.15, 0.2) is 5.38 Å². The zero-order valence-electron chi connectivity index (χ0n) is 11.4. The van der Waals surface area contributed by atoms with Gasteiger partial charge in [-0.05, 0) is 19.8 Å². The number of carboxylic acids is 1. The summed E-state index contributed by atoms with van der Waals surface area (Å²) in [6.45, 7) is 2.99. The highest BCUT2D eigenvalue weighted by molar-refractivity contribution is 7.99. The van der Waals surface area contributed by atoms with E-state index in [0.29, 0.717) is 25.3 Å². The van der Waals surface area contributed by atoms with Gasteiger partial charge in [0, 0.05) is 24.2 Å². The number of aryl methyl sites for hydroxylation is 1. The molecule has 1 unspecified atom stereocenters. The summed E-state index contributed by atoms with van der Waals surface area (Å²) < 4.78 is 0. The molecule has 0 spiro atoms. The SMILES string of the molecule is Cc1nc(CSCC(=O)N2CCCC(C(=O)O)C2)cs1. The molecule has 1 aromatic rings. The largest absolute Gasteiger partial charge is 0.481 e. The van der Waals surface area contributed by atoms with Gasteiger partial charge in [-0.2, -0.15) is 0 Å². The standard InChI is InChI=1S/C13H18N2O3S2/c1-9-14-11(7-20-9)6-19-8-12(16)15-4-2-3-10(5-15)13(17)18/h7,10H,2-6,8H2,1H3,(H,17,18). The number of amides is 1. The summed E-state index contributed by atoms with van der Waals surface area (Å²) in [5.74, 6) is -0.0465. The molecular formula is C13H18N2O3S2. The molecule has 20 heavy (non-hydrogen) atoms.